The molecule has 5 nitrogen and oxygen atoms in total. The topological polar surface area (TPSA) is 44.8 Å². The highest BCUT2D eigenvalue weighted by molar-refractivity contribution is 5.74. The van der Waals surface area contributed by atoms with Gasteiger partial charge in [-0.15, -0.1) is 0 Å². The predicted octanol–water partition coefficient (Wildman–Crippen LogP) is 1.47. The second-order valence-electron chi connectivity index (χ2n) is 5.63. The van der Waals surface area contributed by atoms with Crippen molar-refractivity contribution in [2.75, 3.05) is 38.7 Å². The Bertz CT molecular complexity index is 516. The van der Waals surface area contributed by atoms with Crippen LogP contribution < -0.4 is 15.0 Å². The molecule has 1 aromatic carbocycles. The van der Waals surface area contributed by atoms with Crippen molar-refractivity contribution in [2.24, 2.45) is 0 Å². The smallest absolute Gasteiger partial charge is 0.317 e. The summed E-state index contributed by atoms with van der Waals surface area (Å²) < 4.78 is 5.62. The van der Waals surface area contributed by atoms with Crippen molar-refractivity contribution >= 4 is 11.7 Å². The SMILES string of the molecule is CN(C)C(=O)N[C@@H]1CCN(c2cccc3c2CCO3)C1. The molecule has 1 N–H and O–H groups in total. The fourth-order valence-corrected chi connectivity index (χ4v) is 2.90. The number of nitrogens with zero attached hydrogens (tertiary/aromatic N) is 2. The Morgan fingerprint density at radius 1 is 1.45 bits per heavy atom. The monoisotopic (exact) mass is 275 g/mol. The lowest BCUT2D eigenvalue weighted by Crippen LogP contribution is -2.42. The van der Waals surface area contributed by atoms with Crippen LogP contribution in [0.5, 0.6) is 5.75 Å². The van der Waals surface area contributed by atoms with Crippen molar-refractivity contribution in [3.8, 4) is 5.75 Å². The lowest BCUT2D eigenvalue weighted by atomic mass is 10.1. The average molecular weight is 275 g/mol. The fourth-order valence-electron chi connectivity index (χ4n) is 2.90. The molecule has 0 aromatic heterocycles. The molecule has 0 aliphatic carbocycles. The molecular weight excluding hydrogens is 254 g/mol. The molecular formula is C15H21N3O2. The number of carbonyl (C=O) groups is 1. The van der Waals surface area contributed by atoms with E-state index in [9.17, 15) is 4.79 Å². The van der Waals surface area contributed by atoms with Crippen LogP contribution >= 0.6 is 0 Å². The Morgan fingerprint density at radius 2 is 2.30 bits per heavy atom. The summed E-state index contributed by atoms with van der Waals surface area (Å²) in [4.78, 5) is 15.6. The minimum atomic E-state index is -0.0153. The number of ether oxygens (including phenoxy) is 1. The van der Waals surface area contributed by atoms with Gasteiger partial charge >= 0.3 is 6.03 Å². The quantitative estimate of drug-likeness (QED) is 0.889. The molecule has 0 bridgehead atoms. The van der Waals surface area contributed by atoms with Crippen LogP contribution in [0.3, 0.4) is 0 Å². The molecule has 1 atom stereocenters. The predicted molar refractivity (Wildman–Crippen MR) is 78.5 cm³/mol. The molecule has 2 aliphatic heterocycles. The Balaban J connectivity index is 1.69. The van der Waals surface area contributed by atoms with Crippen molar-refractivity contribution < 1.29 is 9.53 Å². The first-order valence-electron chi connectivity index (χ1n) is 7.12. The molecule has 108 valence electrons. The van der Waals surface area contributed by atoms with Gasteiger partial charge in [0.15, 0.2) is 0 Å². The molecule has 1 saturated heterocycles. The summed E-state index contributed by atoms with van der Waals surface area (Å²) in [7, 11) is 3.53. The summed E-state index contributed by atoms with van der Waals surface area (Å²) in [6, 6.07) is 6.45. The minimum Gasteiger partial charge on any atom is -0.493 e. The number of amides is 2. The third-order valence-electron chi connectivity index (χ3n) is 3.98. The van der Waals surface area contributed by atoms with Crippen molar-refractivity contribution in [3.63, 3.8) is 0 Å². The van der Waals surface area contributed by atoms with Crippen LogP contribution in [0.1, 0.15) is 12.0 Å². The van der Waals surface area contributed by atoms with E-state index in [1.54, 1.807) is 19.0 Å². The number of carbonyl (C=O) groups excluding carboxylic acids is 1. The van der Waals surface area contributed by atoms with E-state index in [1.807, 2.05) is 12.1 Å². The molecule has 2 heterocycles. The maximum absolute atomic E-state index is 11.7. The van der Waals surface area contributed by atoms with Gasteiger partial charge in [-0.25, -0.2) is 4.79 Å². The van der Waals surface area contributed by atoms with Gasteiger partial charge in [0.05, 0.1) is 6.61 Å². The van der Waals surface area contributed by atoms with Crippen LogP contribution in [0.15, 0.2) is 18.2 Å². The number of hydrogen-bond acceptors (Lipinski definition) is 3. The van der Waals surface area contributed by atoms with Crippen LogP contribution in [-0.2, 0) is 6.42 Å². The zero-order valence-electron chi connectivity index (χ0n) is 12.1. The molecule has 3 rings (SSSR count). The van der Waals surface area contributed by atoms with Crippen LogP contribution in [0.25, 0.3) is 0 Å². The number of urea groups is 1. The first-order chi connectivity index (χ1) is 9.65. The normalized spacial score (nSPS) is 20.5. The second-order valence-corrected chi connectivity index (χ2v) is 5.63. The summed E-state index contributed by atoms with van der Waals surface area (Å²) >= 11 is 0. The average Bonchev–Trinajstić information content (AvgIpc) is 3.06. The summed E-state index contributed by atoms with van der Waals surface area (Å²) in [5.74, 6) is 1.02. The molecule has 5 heteroatoms. The zero-order valence-corrected chi connectivity index (χ0v) is 12.1. The summed E-state index contributed by atoms with van der Waals surface area (Å²) in [6.07, 6.45) is 1.97. The van der Waals surface area contributed by atoms with E-state index in [-0.39, 0.29) is 12.1 Å². The highest BCUT2D eigenvalue weighted by atomic mass is 16.5. The number of hydrogen-bond donors (Lipinski definition) is 1. The lowest BCUT2D eigenvalue weighted by Gasteiger charge is -2.22. The third-order valence-corrected chi connectivity index (χ3v) is 3.98. The van der Waals surface area contributed by atoms with Gasteiger partial charge in [-0.05, 0) is 18.6 Å². The van der Waals surface area contributed by atoms with Gasteiger partial charge in [0.25, 0.3) is 0 Å². The summed E-state index contributed by atoms with van der Waals surface area (Å²) in [5.41, 5.74) is 2.58. The summed E-state index contributed by atoms with van der Waals surface area (Å²) in [6.45, 7) is 2.63. The van der Waals surface area contributed by atoms with Crippen LogP contribution in [-0.4, -0.2) is 50.8 Å². The van der Waals surface area contributed by atoms with Gasteiger partial charge in [-0.3, -0.25) is 0 Å². The second kappa shape index (κ2) is 5.23. The lowest BCUT2D eigenvalue weighted by molar-refractivity contribution is 0.214. The maximum atomic E-state index is 11.7. The van der Waals surface area contributed by atoms with Crippen LogP contribution in [0.4, 0.5) is 10.5 Å². The minimum absolute atomic E-state index is 0.0153. The molecule has 2 amide bonds. The van der Waals surface area contributed by atoms with Crippen molar-refractivity contribution in [3.05, 3.63) is 23.8 Å². The highest BCUT2D eigenvalue weighted by Crippen LogP contribution is 2.35. The molecule has 2 aliphatic rings. The first-order valence-corrected chi connectivity index (χ1v) is 7.12. The fraction of sp³-hybridized carbons (Fsp3) is 0.533. The van der Waals surface area contributed by atoms with Gasteiger partial charge in [0.1, 0.15) is 5.75 Å². The molecule has 0 saturated carbocycles. The Morgan fingerprint density at radius 3 is 3.10 bits per heavy atom. The van der Waals surface area contributed by atoms with E-state index >= 15 is 0 Å². The van der Waals surface area contributed by atoms with Gasteiger partial charge < -0.3 is 19.9 Å². The maximum Gasteiger partial charge on any atom is 0.317 e. The van der Waals surface area contributed by atoms with Gasteiger partial charge in [-0.1, -0.05) is 6.07 Å². The molecule has 20 heavy (non-hydrogen) atoms. The Hall–Kier alpha value is -1.91. The van der Waals surface area contributed by atoms with Crippen LogP contribution in [0.2, 0.25) is 0 Å². The van der Waals surface area contributed by atoms with E-state index < -0.39 is 0 Å². The van der Waals surface area contributed by atoms with E-state index in [2.05, 4.69) is 16.3 Å². The molecule has 1 fully saturated rings. The Labute approximate surface area is 119 Å². The number of anilines is 1. The highest BCUT2D eigenvalue weighted by Gasteiger charge is 2.27. The molecule has 0 radical (unpaired) electrons. The first kappa shape index (κ1) is 13.1. The molecule has 1 aromatic rings. The van der Waals surface area contributed by atoms with Crippen LogP contribution in [0, 0.1) is 0 Å². The Kier molecular flexibility index (Phi) is 3.42. The van der Waals surface area contributed by atoms with E-state index in [0.717, 1.165) is 38.3 Å². The van der Waals surface area contributed by atoms with Gasteiger partial charge in [0.2, 0.25) is 0 Å². The molecule has 0 unspecified atom stereocenters. The summed E-state index contributed by atoms with van der Waals surface area (Å²) in [5, 5.41) is 3.06. The standard InChI is InChI=1S/C15H21N3O2/c1-17(2)15(19)16-11-6-8-18(10-11)13-4-3-5-14-12(13)7-9-20-14/h3-5,11H,6-10H2,1-2H3,(H,16,19)/t11-/m1/s1. The number of fused-ring (bicyclic) bond motifs is 1. The number of nitrogens with one attached hydrogen (secondary N) is 1. The van der Waals surface area contributed by atoms with Gasteiger partial charge in [0, 0.05) is 50.9 Å². The largest absolute Gasteiger partial charge is 0.493 e. The zero-order chi connectivity index (χ0) is 14.1. The van der Waals surface area contributed by atoms with E-state index in [1.165, 1.54) is 11.3 Å². The number of benzene rings is 1. The van der Waals surface area contributed by atoms with Crippen molar-refractivity contribution in [1.82, 2.24) is 10.2 Å². The van der Waals surface area contributed by atoms with Crippen molar-refractivity contribution in [1.29, 1.82) is 0 Å². The van der Waals surface area contributed by atoms with E-state index in [0.29, 0.717) is 0 Å². The molecule has 0 spiro atoms. The van der Waals surface area contributed by atoms with E-state index in [4.69, 9.17) is 4.74 Å². The van der Waals surface area contributed by atoms with Crippen molar-refractivity contribution in [2.45, 2.75) is 18.9 Å². The van der Waals surface area contributed by atoms with Gasteiger partial charge in [-0.2, -0.15) is 0 Å². The third kappa shape index (κ3) is 2.40. The number of rotatable bonds is 2.